The molecule has 2 saturated heterocycles. The van der Waals surface area contributed by atoms with Crippen molar-refractivity contribution >= 4 is 38.2 Å². The molecular weight excluding hydrogens is 396 g/mol. The molecule has 0 N–H and O–H groups in total. The summed E-state index contributed by atoms with van der Waals surface area (Å²) in [6, 6.07) is 4.33. The first-order chi connectivity index (χ1) is 12.2. The molecule has 4 nitrogen and oxygen atoms in total. The van der Waals surface area contributed by atoms with Crippen LogP contribution in [0.25, 0.3) is 0 Å². The molecule has 2 aromatic rings. The van der Waals surface area contributed by atoms with Crippen molar-refractivity contribution in [3.8, 4) is 0 Å². The summed E-state index contributed by atoms with van der Waals surface area (Å²) >= 11 is 5.27. The first-order valence-electron chi connectivity index (χ1n) is 9.23. The minimum atomic E-state index is 0.881. The number of anilines is 2. The number of thiazole rings is 1. The van der Waals surface area contributed by atoms with Crippen LogP contribution in [-0.4, -0.2) is 36.1 Å². The summed E-state index contributed by atoms with van der Waals surface area (Å²) in [4.78, 5) is 14.0. The standard InChI is InChI=1S/C19H25BrN4S/c1-14-2-3-18(21-12-14)23-8-4-15(5-9-23)16-6-10-24(11-7-16)19-22-13-17(20)25-19/h2-3,12-13,15-16H,4-11H2,1H3. The lowest BCUT2D eigenvalue weighted by Crippen LogP contribution is -2.41. The van der Waals surface area contributed by atoms with Gasteiger partial charge in [-0.15, -0.1) is 0 Å². The number of halogens is 1. The second-order valence-electron chi connectivity index (χ2n) is 7.29. The van der Waals surface area contributed by atoms with Crippen LogP contribution in [0.4, 0.5) is 10.9 Å². The Labute approximate surface area is 162 Å². The zero-order valence-corrected chi connectivity index (χ0v) is 17.1. The van der Waals surface area contributed by atoms with Crippen LogP contribution in [-0.2, 0) is 0 Å². The van der Waals surface area contributed by atoms with Crippen LogP contribution in [0.15, 0.2) is 28.3 Å². The van der Waals surface area contributed by atoms with Gasteiger partial charge in [0.25, 0.3) is 0 Å². The summed E-state index contributed by atoms with van der Waals surface area (Å²) in [6.07, 6.45) is 9.14. The molecule has 0 amide bonds. The maximum atomic E-state index is 4.59. The third kappa shape index (κ3) is 4.00. The summed E-state index contributed by atoms with van der Waals surface area (Å²) in [7, 11) is 0. The zero-order chi connectivity index (χ0) is 17.2. The van der Waals surface area contributed by atoms with Gasteiger partial charge in [-0.3, -0.25) is 0 Å². The van der Waals surface area contributed by atoms with Crippen LogP contribution in [0, 0.1) is 18.8 Å². The Hall–Kier alpha value is -1.14. The van der Waals surface area contributed by atoms with Crippen molar-refractivity contribution < 1.29 is 0 Å². The first kappa shape index (κ1) is 17.3. The normalized spacial score (nSPS) is 20.2. The molecule has 0 unspecified atom stereocenters. The van der Waals surface area contributed by atoms with E-state index < -0.39 is 0 Å². The molecule has 2 fully saturated rings. The molecule has 0 radical (unpaired) electrons. The van der Waals surface area contributed by atoms with Gasteiger partial charge in [0.05, 0.1) is 9.98 Å². The van der Waals surface area contributed by atoms with E-state index in [4.69, 9.17) is 0 Å². The fourth-order valence-electron chi connectivity index (χ4n) is 4.20. The van der Waals surface area contributed by atoms with E-state index in [0.717, 1.165) is 47.6 Å². The molecule has 4 rings (SSSR count). The Morgan fingerprint density at radius 1 is 0.920 bits per heavy atom. The molecule has 0 aliphatic carbocycles. The lowest BCUT2D eigenvalue weighted by atomic mass is 9.79. The maximum absolute atomic E-state index is 4.59. The number of nitrogens with zero attached hydrogens (tertiary/aromatic N) is 4. The number of aromatic nitrogens is 2. The van der Waals surface area contributed by atoms with Gasteiger partial charge >= 0.3 is 0 Å². The maximum Gasteiger partial charge on any atom is 0.186 e. The monoisotopic (exact) mass is 420 g/mol. The van der Waals surface area contributed by atoms with Crippen LogP contribution in [0.5, 0.6) is 0 Å². The molecular formula is C19H25BrN4S. The van der Waals surface area contributed by atoms with Gasteiger partial charge in [0.2, 0.25) is 0 Å². The predicted molar refractivity (Wildman–Crippen MR) is 109 cm³/mol. The smallest absolute Gasteiger partial charge is 0.186 e. The van der Waals surface area contributed by atoms with Crippen LogP contribution < -0.4 is 9.80 Å². The summed E-state index contributed by atoms with van der Waals surface area (Å²) < 4.78 is 1.13. The average Bonchev–Trinajstić information content (AvgIpc) is 3.09. The molecule has 2 aliphatic rings. The number of pyridine rings is 1. The SMILES string of the molecule is Cc1ccc(N2CCC(C3CCN(c4ncc(Br)s4)CC3)CC2)nc1. The van der Waals surface area contributed by atoms with Gasteiger partial charge in [-0.1, -0.05) is 17.4 Å². The second kappa shape index (κ2) is 7.62. The van der Waals surface area contributed by atoms with Crippen LogP contribution in [0.2, 0.25) is 0 Å². The average molecular weight is 421 g/mol. The van der Waals surface area contributed by atoms with E-state index in [-0.39, 0.29) is 0 Å². The van der Waals surface area contributed by atoms with E-state index in [1.165, 1.54) is 36.4 Å². The Kier molecular flexibility index (Phi) is 5.27. The number of hydrogen-bond acceptors (Lipinski definition) is 5. The fraction of sp³-hybridized carbons (Fsp3) is 0.579. The van der Waals surface area contributed by atoms with Gasteiger partial charge in [-0.25, -0.2) is 9.97 Å². The van der Waals surface area contributed by atoms with E-state index >= 15 is 0 Å². The van der Waals surface area contributed by atoms with Gasteiger partial charge in [-0.05, 0) is 72.0 Å². The molecule has 6 heteroatoms. The third-order valence-corrected chi connectivity index (χ3v) is 7.24. The summed E-state index contributed by atoms with van der Waals surface area (Å²) in [5.74, 6) is 2.91. The van der Waals surface area contributed by atoms with Crippen molar-refractivity contribution in [2.45, 2.75) is 32.6 Å². The summed E-state index contributed by atoms with van der Waals surface area (Å²) in [5.41, 5.74) is 1.23. The van der Waals surface area contributed by atoms with Crippen molar-refractivity contribution in [3.05, 3.63) is 33.9 Å². The van der Waals surface area contributed by atoms with Gasteiger partial charge in [0.15, 0.2) is 5.13 Å². The topological polar surface area (TPSA) is 32.3 Å². The highest BCUT2D eigenvalue weighted by Gasteiger charge is 2.30. The van der Waals surface area contributed by atoms with Crippen molar-refractivity contribution in [2.24, 2.45) is 11.8 Å². The van der Waals surface area contributed by atoms with Crippen molar-refractivity contribution in [2.75, 3.05) is 36.0 Å². The lowest BCUT2D eigenvalue weighted by molar-refractivity contribution is 0.233. The van der Waals surface area contributed by atoms with E-state index in [2.05, 4.69) is 54.8 Å². The molecule has 2 aliphatic heterocycles. The minimum Gasteiger partial charge on any atom is -0.357 e. The molecule has 25 heavy (non-hydrogen) atoms. The van der Waals surface area contributed by atoms with E-state index in [1.807, 2.05) is 12.4 Å². The summed E-state index contributed by atoms with van der Waals surface area (Å²) in [5, 5.41) is 1.17. The van der Waals surface area contributed by atoms with Crippen molar-refractivity contribution in [1.29, 1.82) is 0 Å². The third-order valence-electron chi connectivity index (χ3n) is 5.70. The fourth-order valence-corrected chi connectivity index (χ4v) is 5.43. The largest absolute Gasteiger partial charge is 0.357 e. The lowest BCUT2D eigenvalue weighted by Gasteiger charge is -2.40. The quantitative estimate of drug-likeness (QED) is 0.717. The molecule has 0 aromatic carbocycles. The van der Waals surface area contributed by atoms with E-state index in [0.29, 0.717) is 0 Å². The van der Waals surface area contributed by atoms with Gasteiger partial charge in [-0.2, -0.15) is 0 Å². The Morgan fingerprint density at radius 2 is 1.56 bits per heavy atom. The first-order valence-corrected chi connectivity index (χ1v) is 10.8. The van der Waals surface area contributed by atoms with Gasteiger partial charge in [0, 0.05) is 32.4 Å². The summed E-state index contributed by atoms with van der Waals surface area (Å²) in [6.45, 7) is 6.72. The second-order valence-corrected chi connectivity index (χ2v) is 9.68. The highest BCUT2D eigenvalue weighted by Crippen LogP contribution is 2.36. The number of piperidine rings is 2. The zero-order valence-electron chi connectivity index (χ0n) is 14.7. The predicted octanol–water partition coefficient (Wildman–Crippen LogP) is 4.74. The Balaban J connectivity index is 1.28. The Bertz CT molecular complexity index is 686. The van der Waals surface area contributed by atoms with Gasteiger partial charge in [0.1, 0.15) is 5.82 Å². The highest BCUT2D eigenvalue weighted by atomic mass is 79.9. The molecule has 0 spiro atoms. The van der Waals surface area contributed by atoms with Crippen LogP contribution >= 0.6 is 27.3 Å². The molecule has 2 aromatic heterocycles. The van der Waals surface area contributed by atoms with Gasteiger partial charge < -0.3 is 9.80 Å². The molecule has 0 atom stereocenters. The van der Waals surface area contributed by atoms with Crippen molar-refractivity contribution in [3.63, 3.8) is 0 Å². The van der Waals surface area contributed by atoms with Crippen LogP contribution in [0.1, 0.15) is 31.2 Å². The number of hydrogen-bond donors (Lipinski definition) is 0. The molecule has 0 saturated carbocycles. The van der Waals surface area contributed by atoms with E-state index in [9.17, 15) is 0 Å². The molecule has 4 heterocycles. The minimum absolute atomic E-state index is 0.881. The highest BCUT2D eigenvalue weighted by molar-refractivity contribution is 9.11. The number of aryl methyl sites for hydroxylation is 1. The molecule has 0 bridgehead atoms. The van der Waals surface area contributed by atoms with E-state index in [1.54, 1.807) is 11.3 Å². The van der Waals surface area contributed by atoms with Crippen molar-refractivity contribution in [1.82, 2.24) is 9.97 Å². The number of rotatable bonds is 3. The Morgan fingerprint density at radius 3 is 2.08 bits per heavy atom. The molecule has 134 valence electrons. The van der Waals surface area contributed by atoms with Crippen LogP contribution in [0.3, 0.4) is 0 Å².